The molecule has 1 aliphatic rings. The lowest BCUT2D eigenvalue weighted by Gasteiger charge is -2.21. The van der Waals surface area contributed by atoms with Gasteiger partial charge in [-0.15, -0.1) is 0 Å². The van der Waals surface area contributed by atoms with E-state index >= 15 is 0 Å². The van der Waals surface area contributed by atoms with Crippen molar-refractivity contribution in [1.82, 2.24) is 15.2 Å². The molecule has 0 radical (unpaired) electrons. The summed E-state index contributed by atoms with van der Waals surface area (Å²) < 4.78 is 4.86. The molecule has 1 aromatic heterocycles. The fraction of sp³-hybridized carbons (Fsp3) is 0.211. The maximum absolute atomic E-state index is 12.7. The number of pyridine rings is 1. The number of aromatic nitrogens is 1. The number of imide groups is 1. The number of ether oxygens (including phenoxy) is 1. The van der Waals surface area contributed by atoms with E-state index in [9.17, 15) is 19.2 Å². The fourth-order valence-electron chi connectivity index (χ4n) is 2.79. The molecule has 1 saturated heterocycles. The number of urea groups is 1. The number of amides is 4. The normalized spacial score (nSPS) is 18.3. The van der Waals surface area contributed by atoms with E-state index in [1.807, 2.05) is 0 Å². The Morgan fingerprint density at radius 1 is 1.21 bits per heavy atom. The van der Waals surface area contributed by atoms with E-state index in [1.165, 1.54) is 12.3 Å². The molecule has 0 spiro atoms. The van der Waals surface area contributed by atoms with Crippen LogP contribution in [0.5, 0.6) is 0 Å². The summed E-state index contributed by atoms with van der Waals surface area (Å²) in [5, 5.41) is 5.11. The molecule has 0 unspecified atom stereocenters. The van der Waals surface area contributed by atoms with Gasteiger partial charge < -0.3 is 15.4 Å². The van der Waals surface area contributed by atoms with Gasteiger partial charge in [-0.25, -0.2) is 9.78 Å². The minimum absolute atomic E-state index is 0.0895. The molecule has 1 atom stereocenters. The van der Waals surface area contributed by atoms with Gasteiger partial charge in [0.2, 0.25) is 0 Å². The van der Waals surface area contributed by atoms with Crippen molar-refractivity contribution in [3.8, 4) is 0 Å². The average Bonchev–Trinajstić information content (AvgIpc) is 2.93. The highest BCUT2D eigenvalue weighted by Crippen LogP contribution is 2.28. The molecule has 0 bridgehead atoms. The number of rotatable bonds is 6. The predicted molar refractivity (Wildman–Crippen MR) is 103 cm³/mol. The van der Waals surface area contributed by atoms with E-state index < -0.39 is 42.5 Å². The van der Waals surface area contributed by atoms with E-state index in [2.05, 4.69) is 15.6 Å². The SMILES string of the molecule is C[C@@]1(c2ccccc2)NC(=O)N(CC(=O)OCC(=O)Nc2cccnc2Cl)C1=O. The summed E-state index contributed by atoms with van der Waals surface area (Å²) in [6.07, 6.45) is 1.46. The lowest BCUT2D eigenvalue weighted by atomic mass is 9.92. The van der Waals surface area contributed by atoms with Crippen molar-refractivity contribution in [3.63, 3.8) is 0 Å². The quantitative estimate of drug-likeness (QED) is 0.420. The summed E-state index contributed by atoms with van der Waals surface area (Å²) in [6.45, 7) is 0.330. The Bertz CT molecular complexity index is 968. The van der Waals surface area contributed by atoms with Gasteiger partial charge in [-0.3, -0.25) is 19.3 Å². The smallest absolute Gasteiger partial charge is 0.326 e. The van der Waals surface area contributed by atoms with E-state index in [4.69, 9.17) is 16.3 Å². The van der Waals surface area contributed by atoms with Crippen LogP contribution in [0.2, 0.25) is 5.15 Å². The molecule has 1 fully saturated rings. The topological polar surface area (TPSA) is 118 Å². The Morgan fingerprint density at radius 2 is 1.93 bits per heavy atom. The summed E-state index contributed by atoms with van der Waals surface area (Å²) in [4.78, 5) is 53.4. The molecule has 3 rings (SSSR count). The van der Waals surface area contributed by atoms with Crippen LogP contribution >= 0.6 is 11.6 Å². The highest BCUT2D eigenvalue weighted by Gasteiger charge is 2.49. The van der Waals surface area contributed by atoms with Gasteiger partial charge >= 0.3 is 12.0 Å². The zero-order valence-corrected chi connectivity index (χ0v) is 16.1. The van der Waals surface area contributed by atoms with Crippen molar-refractivity contribution in [1.29, 1.82) is 0 Å². The van der Waals surface area contributed by atoms with Gasteiger partial charge in [0.05, 0.1) is 5.69 Å². The molecule has 2 aromatic rings. The summed E-state index contributed by atoms with van der Waals surface area (Å²) in [5.41, 5.74) is -0.433. The summed E-state index contributed by atoms with van der Waals surface area (Å²) in [7, 11) is 0. The lowest BCUT2D eigenvalue weighted by Crippen LogP contribution is -2.41. The zero-order chi connectivity index (χ0) is 21.0. The van der Waals surface area contributed by atoms with Crippen molar-refractivity contribution in [2.45, 2.75) is 12.5 Å². The first-order valence-electron chi connectivity index (χ1n) is 8.57. The number of carbonyl (C=O) groups excluding carboxylic acids is 4. The highest BCUT2D eigenvalue weighted by molar-refractivity contribution is 6.32. The van der Waals surface area contributed by atoms with Crippen LogP contribution in [0.1, 0.15) is 12.5 Å². The van der Waals surface area contributed by atoms with Crippen LogP contribution in [-0.2, 0) is 24.7 Å². The van der Waals surface area contributed by atoms with Gasteiger partial charge in [-0.05, 0) is 24.6 Å². The Labute approximate surface area is 171 Å². The van der Waals surface area contributed by atoms with Gasteiger partial charge in [0, 0.05) is 6.20 Å². The minimum Gasteiger partial charge on any atom is -0.454 e. The lowest BCUT2D eigenvalue weighted by molar-refractivity contribution is -0.150. The number of nitrogens with zero attached hydrogens (tertiary/aromatic N) is 2. The number of carbonyl (C=O) groups is 4. The Hall–Kier alpha value is -3.46. The van der Waals surface area contributed by atoms with E-state index in [-0.39, 0.29) is 10.8 Å². The van der Waals surface area contributed by atoms with Crippen LogP contribution < -0.4 is 10.6 Å². The van der Waals surface area contributed by atoms with Gasteiger partial charge in [-0.2, -0.15) is 0 Å². The third-order valence-electron chi connectivity index (χ3n) is 4.31. The van der Waals surface area contributed by atoms with Crippen molar-refractivity contribution in [3.05, 3.63) is 59.4 Å². The number of hydrogen-bond acceptors (Lipinski definition) is 6. The van der Waals surface area contributed by atoms with Crippen LogP contribution in [0.3, 0.4) is 0 Å². The van der Waals surface area contributed by atoms with Gasteiger partial charge in [0.15, 0.2) is 11.8 Å². The minimum atomic E-state index is -1.28. The first-order valence-corrected chi connectivity index (χ1v) is 8.94. The molecule has 0 aliphatic carbocycles. The third-order valence-corrected chi connectivity index (χ3v) is 4.61. The molecule has 0 saturated carbocycles. The van der Waals surface area contributed by atoms with Crippen LogP contribution in [-0.4, -0.2) is 46.9 Å². The number of nitrogens with one attached hydrogen (secondary N) is 2. The largest absolute Gasteiger partial charge is 0.454 e. The van der Waals surface area contributed by atoms with Crippen LogP contribution in [0.15, 0.2) is 48.7 Å². The molecule has 1 aromatic carbocycles. The van der Waals surface area contributed by atoms with Gasteiger partial charge in [0.1, 0.15) is 12.1 Å². The third kappa shape index (κ3) is 4.35. The van der Waals surface area contributed by atoms with Crippen LogP contribution in [0.25, 0.3) is 0 Å². The van der Waals surface area contributed by atoms with Crippen molar-refractivity contribution < 1.29 is 23.9 Å². The number of hydrogen-bond donors (Lipinski definition) is 2. The average molecular weight is 417 g/mol. The number of anilines is 1. The number of benzene rings is 1. The first kappa shape index (κ1) is 20.3. The molecule has 150 valence electrons. The fourth-order valence-corrected chi connectivity index (χ4v) is 2.96. The molecule has 2 heterocycles. The second-order valence-electron chi connectivity index (χ2n) is 6.36. The maximum Gasteiger partial charge on any atom is 0.326 e. The maximum atomic E-state index is 12.7. The summed E-state index contributed by atoms with van der Waals surface area (Å²) >= 11 is 5.83. The second kappa shape index (κ2) is 8.27. The highest BCUT2D eigenvalue weighted by atomic mass is 35.5. The summed E-state index contributed by atoms with van der Waals surface area (Å²) in [6, 6.07) is 11.1. The molecule has 29 heavy (non-hydrogen) atoms. The van der Waals surface area contributed by atoms with Crippen LogP contribution in [0.4, 0.5) is 10.5 Å². The van der Waals surface area contributed by atoms with Gasteiger partial charge in [-0.1, -0.05) is 41.9 Å². The Balaban J connectivity index is 1.56. The molecular formula is C19H17ClN4O5. The molecule has 10 heteroatoms. The first-order chi connectivity index (χ1) is 13.8. The molecule has 1 aliphatic heterocycles. The molecule has 2 N–H and O–H groups in total. The summed E-state index contributed by atoms with van der Waals surface area (Å²) in [5.74, 6) is -2.13. The Kier molecular flexibility index (Phi) is 5.79. The number of esters is 1. The number of halogens is 1. The molecule has 4 amide bonds. The van der Waals surface area contributed by atoms with Gasteiger partial charge in [0.25, 0.3) is 11.8 Å². The Morgan fingerprint density at radius 3 is 2.62 bits per heavy atom. The van der Waals surface area contributed by atoms with Crippen LogP contribution in [0, 0.1) is 0 Å². The molecular weight excluding hydrogens is 400 g/mol. The van der Waals surface area contributed by atoms with E-state index in [0.29, 0.717) is 5.56 Å². The standard InChI is InChI=1S/C19H17ClN4O5/c1-19(12-6-3-2-4-7-12)17(27)24(18(28)23-19)10-15(26)29-11-14(25)22-13-8-5-9-21-16(13)20/h2-9H,10-11H2,1H3,(H,22,25)(H,23,28)/t19-/m0/s1. The molecule has 9 nitrogen and oxygen atoms in total. The predicted octanol–water partition coefficient (Wildman–Crippen LogP) is 1.68. The monoisotopic (exact) mass is 416 g/mol. The van der Waals surface area contributed by atoms with Crippen molar-refractivity contribution in [2.24, 2.45) is 0 Å². The second-order valence-corrected chi connectivity index (χ2v) is 6.72. The van der Waals surface area contributed by atoms with Crippen molar-refractivity contribution >= 4 is 41.1 Å². The van der Waals surface area contributed by atoms with Crippen molar-refractivity contribution in [2.75, 3.05) is 18.5 Å². The van der Waals surface area contributed by atoms with E-state index in [1.54, 1.807) is 43.3 Å². The van der Waals surface area contributed by atoms with E-state index in [0.717, 1.165) is 4.90 Å². The zero-order valence-electron chi connectivity index (χ0n) is 15.3.